The van der Waals surface area contributed by atoms with Crippen LogP contribution in [-0.4, -0.2) is 29.4 Å². The summed E-state index contributed by atoms with van der Waals surface area (Å²) in [4.78, 5) is 14.8. The summed E-state index contributed by atoms with van der Waals surface area (Å²) in [7, 11) is 0. The van der Waals surface area contributed by atoms with Crippen LogP contribution in [0.4, 0.5) is 5.69 Å². The summed E-state index contributed by atoms with van der Waals surface area (Å²) in [5.41, 5.74) is 7.50. The number of anilines is 1. The molecular weight excluding hydrogens is 262 g/mol. The van der Waals surface area contributed by atoms with Gasteiger partial charge in [0.05, 0.1) is 6.04 Å². The van der Waals surface area contributed by atoms with E-state index in [1.165, 1.54) is 25.7 Å². The van der Waals surface area contributed by atoms with Crippen molar-refractivity contribution in [1.29, 1.82) is 0 Å². The number of benzene rings is 1. The molecular formula is C17H27N3O. The molecule has 1 heterocycles. The van der Waals surface area contributed by atoms with Crippen LogP contribution in [0.1, 0.15) is 45.1 Å². The predicted octanol–water partition coefficient (Wildman–Crippen LogP) is 2.74. The lowest BCUT2D eigenvalue weighted by Gasteiger charge is -2.32. The summed E-state index contributed by atoms with van der Waals surface area (Å²) in [5.74, 6) is 0.0675. The smallest absolute Gasteiger partial charge is 0.241 e. The lowest BCUT2D eigenvalue weighted by Crippen LogP contribution is -2.46. The first-order chi connectivity index (χ1) is 10.1. The number of hydrogen-bond acceptors (Lipinski definition) is 3. The highest BCUT2D eigenvalue weighted by Gasteiger charge is 2.26. The molecule has 1 aromatic rings. The Bertz CT molecular complexity index is 475. The van der Waals surface area contributed by atoms with Gasteiger partial charge in [0.15, 0.2) is 0 Å². The van der Waals surface area contributed by atoms with Crippen LogP contribution in [0.5, 0.6) is 0 Å². The largest absolute Gasteiger partial charge is 0.326 e. The van der Waals surface area contributed by atoms with Crippen molar-refractivity contribution >= 4 is 11.6 Å². The minimum atomic E-state index is -0.0976. The van der Waals surface area contributed by atoms with Crippen molar-refractivity contribution in [2.45, 2.75) is 58.2 Å². The fourth-order valence-electron chi connectivity index (χ4n) is 3.05. The quantitative estimate of drug-likeness (QED) is 0.896. The molecule has 4 nitrogen and oxygen atoms in total. The maximum absolute atomic E-state index is 12.5. The van der Waals surface area contributed by atoms with E-state index in [4.69, 9.17) is 5.73 Å². The maximum atomic E-state index is 12.5. The first-order valence-corrected chi connectivity index (χ1v) is 7.97. The van der Waals surface area contributed by atoms with Gasteiger partial charge in [-0.25, -0.2) is 0 Å². The van der Waals surface area contributed by atoms with Crippen molar-refractivity contribution in [3.05, 3.63) is 29.8 Å². The molecule has 1 aromatic carbocycles. The van der Waals surface area contributed by atoms with Crippen molar-refractivity contribution in [2.75, 3.05) is 11.9 Å². The number of rotatable bonds is 4. The Morgan fingerprint density at radius 3 is 3.00 bits per heavy atom. The van der Waals surface area contributed by atoms with E-state index in [1.54, 1.807) is 0 Å². The molecule has 2 unspecified atom stereocenters. The highest BCUT2D eigenvalue weighted by atomic mass is 16.2. The maximum Gasteiger partial charge on any atom is 0.241 e. The van der Waals surface area contributed by atoms with E-state index in [9.17, 15) is 4.79 Å². The average Bonchev–Trinajstić information content (AvgIpc) is 2.71. The summed E-state index contributed by atoms with van der Waals surface area (Å²) in [6.45, 7) is 5.73. The topological polar surface area (TPSA) is 58.4 Å². The van der Waals surface area contributed by atoms with Gasteiger partial charge in [0.2, 0.25) is 5.91 Å². The van der Waals surface area contributed by atoms with Crippen molar-refractivity contribution in [3.8, 4) is 0 Å². The van der Waals surface area contributed by atoms with Crippen LogP contribution >= 0.6 is 0 Å². The molecule has 0 radical (unpaired) electrons. The van der Waals surface area contributed by atoms with Gasteiger partial charge in [-0.1, -0.05) is 25.0 Å². The molecule has 116 valence electrons. The molecule has 0 spiro atoms. The number of nitrogens with zero attached hydrogens (tertiary/aromatic N) is 1. The molecule has 21 heavy (non-hydrogen) atoms. The second kappa shape index (κ2) is 7.57. The highest BCUT2D eigenvalue weighted by Crippen LogP contribution is 2.20. The lowest BCUT2D eigenvalue weighted by molar-refractivity contribution is -0.121. The lowest BCUT2D eigenvalue weighted by atomic mass is 10.1. The third-order valence-corrected chi connectivity index (χ3v) is 4.41. The van der Waals surface area contributed by atoms with Gasteiger partial charge < -0.3 is 11.1 Å². The number of hydrogen-bond donors (Lipinski definition) is 2. The van der Waals surface area contributed by atoms with E-state index in [2.05, 4.69) is 17.1 Å². The fraction of sp³-hybridized carbons (Fsp3) is 0.588. The molecule has 2 atom stereocenters. The van der Waals surface area contributed by atoms with E-state index in [0.29, 0.717) is 12.6 Å². The van der Waals surface area contributed by atoms with Gasteiger partial charge in [0, 0.05) is 18.3 Å². The second-order valence-electron chi connectivity index (χ2n) is 6.01. The van der Waals surface area contributed by atoms with Crippen molar-refractivity contribution in [3.63, 3.8) is 0 Å². The zero-order valence-electron chi connectivity index (χ0n) is 13.1. The number of amides is 1. The van der Waals surface area contributed by atoms with Gasteiger partial charge in [-0.3, -0.25) is 9.69 Å². The molecule has 0 saturated carbocycles. The van der Waals surface area contributed by atoms with Crippen LogP contribution in [0.2, 0.25) is 0 Å². The van der Waals surface area contributed by atoms with Crippen molar-refractivity contribution in [1.82, 2.24) is 4.90 Å². The minimum absolute atomic E-state index is 0.0675. The number of nitrogens with one attached hydrogen (secondary N) is 1. The molecule has 1 amide bonds. The summed E-state index contributed by atoms with van der Waals surface area (Å²) in [6.07, 6.45) is 4.91. The second-order valence-corrected chi connectivity index (χ2v) is 6.01. The van der Waals surface area contributed by atoms with Crippen molar-refractivity contribution in [2.24, 2.45) is 5.73 Å². The Morgan fingerprint density at radius 2 is 2.24 bits per heavy atom. The third kappa shape index (κ3) is 4.29. The van der Waals surface area contributed by atoms with Gasteiger partial charge >= 0.3 is 0 Å². The molecule has 2 rings (SSSR count). The molecule has 4 heteroatoms. The SMILES string of the molecule is CC1CCCCCN1C(C)C(=O)Nc1cccc(CN)c1. The highest BCUT2D eigenvalue weighted by molar-refractivity contribution is 5.94. The summed E-state index contributed by atoms with van der Waals surface area (Å²) in [6, 6.07) is 8.13. The van der Waals surface area contributed by atoms with Gasteiger partial charge in [-0.15, -0.1) is 0 Å². The van der Waals surface area contributed by atoms with Gasteiger partial charge in [0.25, 0.3) is 0 Å². The molecule has 1 aliphatic rings. The molecule has 3 N–H and O–H groups in total. The standard InChI is InChI=1S/C17H27N3O/c1-13-7-4-3-5-10-20(13)14(2)17(21)19-16-9-6-8-15(11-16)12-18/h6,8-9,11,13-14H,3-5,7,10,12,18H2,1-2H3,(H,19,21). The van der Waals surface area contributed by atoms with Crippen LogP contribution < -0.4 is 11.1 Å². The number of likely N-dealkylation sites (tertiary alicyclic amines) is 1. The first-order valence-electron chi connectivity index (χ1n) is 7.97. The van der Waals surface area contributed by atoms with E-state index >= 15 is 0 Å². The zero-order chi connectivity index (χ0) is 15.2. The van der Waals surface area contributed by atoms with Crippen LogP contribution in [-0.2, 0) is 11.3 Å². The van der Waals surface area contributed by atoms with E-state index in [0.717, 1.165) is 17.8 Å². The zero-order valence-corrected chi connectivity index (χ0v) is 13.1. The molecule has 0 aliphatic carbocycles. The Kier molecular flexibility index (Phi) is 5.76. The van der Waals surface area contributed by atoms with E-state index < -0.39 is 0 Å². The minimum Gasteiger partial charge on any atom is -0.326 e. The summed E-state index contributed by atoms with van der Waals surface area (Å²) < 4.78 is 0. The molecule has 1 aliphatic heterocycles. The van der Waals surface area contributed by atoms with E-state index in [-0.39, 0.29) is 11.9 Å². The van der Waals surface area contributed by atoms with E-state index in [1.807, 2.05) is 31.2 Å². The Balaban J connectivity index is 2.00. The summed E-state index contributed by atoms with van der Waals surface area (Å²) in [5, 5.41) is 3.02. The number of carbonyl (C=O) groups excluding carboxylic acids is 1. The van der Waals surface area contributed by atoms with Crippen LogP contribution in [0, 0.1) is 0 Å². The van der Waals surface area contributed by atoms with Gasteiger partial charge in [0.1, 0.15) is 0 Å². The molecule has 0 aromatic heterocycles. The number of nitrogens with two attached hydrogens (primary N) is 1. The predicted molar refractivity (Wildman–Crippen MR) is 87.1 cm³/mol. The first kappa shape index (κ1) is 16.0. The molecule has 1 saturated heterocycles. The van der Waals surface area contributed by atoms with Gasteiger partial charge in [-0.05, 0) is 50.9 Å². The normalized spacial score (nSPS) is 21.6. The Labute approximate surface area is 127 Å². The third-order valence-electron chi connectivity index (χ3n) is 4.41. The Morgan fingerprint density at radius 1 is 1.43 bits per heavy atom. The monoisotopic (exact) mass is 289 g/mol. The molecule has 1 fully saturated rings. The Hall–Kier alpha value is -1.39. The van der Waals surface area contributed by atoms with Crippen molar-refractivity contribution < 1.29 is 4.79 Å². The van der Waals surface area contributed by atoms with Crippen LogP contribution in [0.25, 0.3) is 0 Å². The van der Waals surface area contributed by atoms with Crippen LogP contribution in [0.15, 0.2) is 24.3 Å². The van der Waals surface area contributed by atoms with Gasteiger partial charge in [-0.2, -0.15) is 0 Å². The summed E-state index contributed by atoms with van der Waals surface area (Å²) >= 11 is 0. The van der Waals surface area contributed by atoms with Crippen LogP contribution in [0.3, 0.4) is 0 Å². The molecule has 0 bridgehead atoms. The average molecular weight is 289 g/mol. The number of carbonyl (C=O) groups is 1. The fourth-order valence-corrected chi connectivity index (χ4v) is 3.05.